The lowest BCUT2D eigenvalue weighted by molar-refractivity contribution is -0.154. The maximum atomic E-state index is 14.2. The lowest BCUT2D eigenvalue weighted by Crippen LogP contribution is -2.55. The summed E-state index contributed by atoms with van der Waals surface area (Å²) in [5.74, 6) is -1.97. The number of benzene rings is 1. The SMILES string of the molecule is COc1ccc(N2CC=C[C@]34O[C@@H]5/C=C\CCCOC(=O)[C@@H]5[C@H]3C(=O)N(CCCCCO)C4C2=O)cc1. The number of cyclic esters (lactones) is 1. The van der Waals surface area contributed by atoms with Crippen molar-refractivity contribution in [2.24, 2.45) is 11.8 Å². The van der Waals surface area contributed by atoms with Gasteiger partial charge in [0.15, 0.2) is 0 Å². The van der Waals surface area contributed by atoms with Gasteiger partial charge in [-0.15, -0.1) is 0 Å². The number of carbonyl (C=O) groups excluding carboxylic acids is 3. The Kier molecular flexibility index (Phi) is 7.35. The number of unbranched alkanes of at least 4 members (excludes halogenated alkanes) is 2. The lowest BCUT2D eigenvalue weighted by atomic mass is 9.78. The quantitative estimate of drug-likeness (QED) is 0.341. The first-order chi connectivity index (χ1) is 18.0. The van der Waals surface area contributed by atoms with Gasteiger partial charge in [-0.3, -0.25) is 14.4 Å². The Morgan fingerprint density at radius 3 is 2.65 bits per heavy atom. The van der Waals surface area contributed by atoms with E-state index >= 15 is 0 Å². The smallest absolute Gasteiger partial charge is 0.312 e. The number of carbonyl (C=O) groups is 3. The highest BCUT2D eigenvalue weighted by molar-refractivity contribution is 6.05. The number of fused-ring (bicyclic) bond motifs is 2. The summed E-state index contributed by atoms with van der Waals surface area (Å²) in [6.07, 6.45) is 10.3. The van der Waals surface area contributed by atoms with Gasteiger partial charge in [-0.05, 0) is 56.4 Å². The van der Waals surface area contributed by atoms with E-state index in [1.165, 1.54) is 0 Å². The summed E-state index contributed by atoms with van der Waals surface area (Å²) in [5, 5.41) is 9.20. The van der Waals surface area contributed by atoms with Gasteiger partial charge < -0.3 is 29.1 Å². The molecule has 0 bridgehead atoms. The molecule has 1 aromatic rings. The zero-order chi connectivity index (χ0) is 26.0. The minimum absolute atomic E-state index is 0.0713. The highest BCUT2D eigenvalue weighted by Gasteiger charge is 2.71. The van der Waals surface area contributed by atoms with Gasteiger partial charge >= 0.3 is 5.97 Å². The Morgan fingerprint density at radius 2 is 1.89 bits per heavy atom. The third-order valence-corrected chi connectivity index (χ3v) is 7.79. The topological polar surface area (TPSA) is 106 Å². The molecule has 0 saturated carbocycles. The van der Waals surface area contributed by atoms with Crippen molar-refractivity contribution in [3.05, 3.63) is 48.6 Å². The average Bonchev–Trinajstić information content (AvgIpc) is 3.31. The van der Waals surface area contributed by atoms with Crippen molar-refractivity contribution in [1.82, 2.24) is 4.90 Å². The zero-order valence-corrected chi connectivity index (χ0v) is 21.1. The first kappa shape index (κ1) is 25.5. The lowest BCUT2D eigenvalue weighted by Gasteiger charge is -2.35. The second-order valence-corrected chi connectivity index (χ2v) is 9.95. The Hall–Kier alpha value is -3.17. The Morgan fingerprint density at radius 1 is 1.08 bits per heavy atom. The molecule has 5 atom stereocenters. The normalized spacial score (nSPS) is 32.0. The van der Waals surface area contributed by atoms with Crippen molar-refractivity contribution in [3.8, 4) is 5.75 Å². The van der Waals surface area contributed by atoms with Gasteiger partial charge in [-0.25, -0.2) is 0 Å². The second kappa shape index (κ2) is 10.7. The van der Waals surface area contributed by atoms with E-state index in [1.54, 1.807) is 29.0 Å². The van der Waals surface area contributed by atoms with E-state index in [0.29, 0.717) is 50.2 Å². The van der Waals surface area contributed by atoms with E-state index in [4.69, 9.17) is 14.2 Å². The third-order valence-electron chi connectivity index (χ3n) is 7.79. The minimum atomic E-state index is -1.27. The summed E-state index contributed by atoms with van der Waals surface area (Å²) in [7, 11) is 1.58. The van der Waals surface area contributed by atoms with Crippen LogP contribution in [0.3, 0.4) is 0 Å². The maximum absolute atomic E-state index is 14.2. The van der Waals surface area contributed by atoms with E-state index in [2.05, 4.69) is 0 Å². The first-order valence-corrected chi connectivity index (χ1v) is 13.1. The molecule has 9 nitrogen and oxygen atoms in total. The summed E-state index contributed by atoms with van der Waals surface area (Å²) in [5.41, 5.74) is -0.590. The van der Waals surface area contributed by atoms with Gasteiger partial charge in [0.05, 0.1) is 25.7 Å². The molecule has 2 amide bonds. The monoisotopic (exact) mass is 510 g/mol. The molecule has 0 aliphatic carbocycles. The number of hydrogen-bond acceptors (Lipinski definition) is 7. The molecule has 2 saturated heterocycles. The van der Waals surface area contributed by atoms with Gasteiger partial charge in [0, 0.05) is 25.4 Å². The van der Waals surface area contributed by atoms with Crippen LogP contribution in [-0.2, 0) is 23.9 Å². The van der Waals surface area contributed by atoms with E-state index in [9.17, 15) is 19.5 Å². The predicted molar refractivity (Wildman–Crippen MR) is 135 cm³/mol. The molecule has 9 heteroatoms. The number of likely N-dealkylation sites (tertiary alicyclic amines) is 1. The molecule has 4 aliphatic rings. The van der Waals surface area contributed by atoms with Crippen LogP contribution in [0.15, 0.2) is 48.6 Å². The number of rotatable bonds is 7. The maximum Gasteiger partial charge on any atom is 0.312 e. The molecular weight excluding hydrogens is 476 g/mol. The van der Waals surface area contributed by atoms with Crippen LogP contribution in [-0.4, -0.2) is 79.0 Å². The number of anilines is 1. The van der Waals surface area contributed by atoms with Crippen LogP contribution >= 0.6 is 0 Å². The van der Waals surface area contributed by atoms with Crippen LogP contribution in [0.4, 0.5) is 5.69 Å². The number of nitrogens with zero attached hydrogens (tertiary/aromatic N) is 2. The highest BCUT2D eigenvalue weighted by Crippen LogP contribution is 2.53. The van der Waals surface area contributed by atoms with Crippen molar-refractivity contribution in [1.29, 1.82) is 0 Å². The number of hydrogen-bond donors (Lipinski definition) is 1. The van der Waals surface area contributed by atoms with Gasteiger partial charge in [0.25, 0.3) is 5.91 Å². The second-order valence-electron chi connectivity index (χ2n) is 9.95. The summed E-state index contributed by atoms with van der Waals surface area (Å²) < 4.78 is 17.4. The molecule has 2 fully saturated rings. The Labute approximate surface area is 216 Å². The molecular formula is C28H34N2O7. The molecule has 1 aromatic carbocycles. The predicted octanol–water partition coefficient (Wildman–Crippen LogP) is 2.23. The fraction of sp³-hybridized carbons (Fsp3) is 0.536. The van der Waals surface area contributed by atoms with Crippen molar-refractivity contribution >= 4 is 23.5 Å². The van der Waals surface area contributed by atoms with Crippen LogP contribution in [0.1, 0.15) is 32.1 Å². The van der Waals surface area contributed by atoms with Crippen LogP contribution in [0.5, 0.6) is 5.75 Å². The molecule has 1 spiro atoms. The molecule has 4 heterocycles. The first-order valence-electron chi connectivity index (χ1n) is 13.1. The van der Waals surface area contributed by atoms with Crippen LogP contribution < -0.4 is 9.64 Å². The third kappa shape index (κ3) is 4.44. The van der Waals surface area contributed by atoms with Crippen LogP contribution in [0, 0.1) is 11.8 Å². The fourth-order valence-electron chi connectivity index (χ4n) is 6.06. The molecule has 4 aliphatic heterocycles. The number of amides is 2. The Bertz CT molecular complexity index is 1080. The minimum Gasteiger partial charge on any atom is -0.497 e. The van der Waals surface area contributed by atoms with Crippen molar-refractivity contribution in [2.45, 2.75) is 49.9 Å². The summed E-state index contributed by atoms with van der Waals surface area (Å²) in [6, 6.07) is 6.29. The number of aliphatic hydroxyl groups excluding tert-OH is 1. The van der Waals surface area contributed by atoms with E-state index in [0.717, 1.165) is 6.42 Å². The molecule has 1 N–H and O–H groups in total. The average molecular weight is 511 g/mol. The van der Waals surface area contributed by atoms with Crippen molar-refractivity contribution in [2.75, 3.05) is 38.3 Å². The van der Waals surface area contributed by atoms with Crippen molar-refractivity contribution in [3.63, 3.8) is 0 Å². The largest absolute Gasteiger partial charge is 0.497 e. The fourth-order valence-corrected chi connectivity index (χ4v) is 6.06. The van der Waals surface area contributed by atoms with Gasteiger partial charge in [0.1, 0.15) is 23.3 Å². The number of ether oxygens (including phenoxy) is 3. The van der Waals surface area contributed by atoms with Gasteiger partial charge in [-0.2, -0.15) is 0 Å². The standard InChI is InChI=1S/C28H34N2O7/c1-35-20-12-10-19(11-13-20)29-16-8-14-28-23(22-21(37-28)9-4-2-7-18-36-27(22)34)25(32)30(24(28)26(29)33)15-5-3-6-17-31/h4,8-14,21-24,31H,2-3,5-7,15-18H2,1H3/b9-4-/t21-,22+,23+,24?,28+/m1/s1. The van der Waals surface area contributed by atoms with E-state index in [-0.39, 0.29) is 25.0 Å². The molecule has 198 valence electrons. The van der Waals surface area contributed by atoms with Crippen molar-refractivity contribution < 1.29 is 33.7 Å². The summed E-state index contributed by atoms with van der Waals surface area (Å²) in [6.45, 7) is 1.00. The van der Waals surface area contributed by atoms with E-state index in [1.807, 2.05) is 36.4 Å². The molecule has 37 heavy (non-hydrogen) atoms. The molecule has 0 aromatic heterocycles. The highest BCUT2D eigenvalue weighted by atomic mass is 16.6. The summed E-state index contributed by atoms with van der Waals surface area (Å²) >= 11 is 0. The molecule has 1 unspecified atom stereocenters. The van der Waals surface area contributed by atoms with Crippen LogP contribution in [0.2, 0.25) is 0 Å². The number of allylic oxidation sites excluding steroid dienone is 1. The number of esters is 1. The molecule has 5 rings (SSSR count). The van der Waals surface area contributed by atoms with Gasteiger partial charge in [0.2, 0.25) is 5.91 Å². The number of methoxy groups -OCH3 is 1. The molecule has 0 radical (unpaired) electrons. The van der Waals surface area contributed by atoms with Gasteiger partial charge in [-0.1, -0.05) is 24.3 Å². The Balaban J connectivity index is 1.55. The zero-order valence-electron chi connectivity index (χ0n) is 21.1. The van der Waals surface area contributed by atoms with E-state index < -0.39 is 35.6 Å². The number of aliphatic hydroxyl groups is 1. The summed E-state index contributed by atoms with van der Waals surface area (Å²) in [4.78, 5) is 44.7. The van der Waals surface area contributed by atoms with Crippen LogP contribution in [0.25, 0.3) is 0 Å².